The van der Waals surface area contributed by atoms with Gasteiger partial charge < -0.3 is 5.32 Å². The zero-order valence-electron chi connectivity index (χ0n) is 8.85. The van der Waals surface area contributed by atoms with E-state index in [4.69, 9.17) is 0 Å². The molecule has 1 N–H and O–H groups in total. The maximum Gasteiger partial charge on any atom is 0.222 e. The summed E-state index contributed by atoms with van der Waals surface area (Å²) >= 11 is 0. The Morgan fingerprint density at radius 3 is 2.08 bits per heavy atom. The lowest BCUT2D eigenvalue weighted by molar-refractivity contribution is -0.124. The van der Waals surface area contributed by atoms with Crippen LogP contribution in [0.2, 0.25) is 0 Å². The van der Waals surface area contributed by atoms with Crippen LogP contribution >= 0.6 is 0 Å². The average molecular weight is 171 g/mol. The van der Waals surface area contributed by atoms with E-state index in [9.17, 15) is 4.79 Å². The Kier molecular flexibility index (Phi) is 4.95. The van der Waals surface area contributed by atoms with Gasteiger partial charge in [0.15, 0.2) is 0 Å². The number of carbonyl (C=O) groups is 1. The molecule has 0 aromatic heterocycles. The largest absolute Gasteiger partial charge is 0.359 e. The van der Waals surface area contributed by atoms with E-state index in [1.807, 2.05) is 6.92 Å². The number of rotatable bonds is 4. The van der Waals surface area contributed by atoms with E-state index in [1.54, 1.807) is 7.05 Å². The van der Waals surface area contributed by atoms with Crippen LogP contribution in [-0.2, 0) is 4.79 Å². The van der Waals surface area contributed by atoms with E-state index < -0.39 is 0 Å². The fourth-order valence-electron chi connectivity index (χ4n) is 1.18. The molecule has 2 atom stereocenters. The van der Waals surface area contributed by atoms with Crippen molar-refractivity contribution in [2.45, 2.75) is 34.1 Å². The first kappa shape index (κ1) is 11.5. The van der Waals surface area contributed by atoms with Crippen LogP contribution in [0.15, 0.2) is 0 Å². The second-order valence-corrected chi connectivity index (χ2v) is 3.97. The predicted molar refractivity (Wildman–Crippen MR) is 51.8 cm³/mol. The van der Waals surface area contributed by atoms with Gasteiger partial charge in [0.05, 0.1) is 0 Å². The van der Waals surface area contributed by atoms with E-state index in [1.165, 1.54) is 0 Å². The molecule has 0 aromatic carbocycles. The van der Waals surface area contributed by atoms with E-state index >= 15 is 0 Å². The number of hydrogen-bond donors (Lipinski definition) is 1. The van der Waals surface area contributed by atoms with Crippen LogP contribution in [-0.4, -0.2) is 13.0 Å². The van der Waals surface area contributed by atoms with E-state index in [-0.39, 0.29) is 11.8 Å². The fourth-order valence-corrected chi connectivity index (χ4v) is 1.18. The van der Waals surface area contributed by atoms with Gasteiger partial charge in [0, 0.05) is 13.0 Å². The van der Waals surface area contributed by atoms with Crippen molar-refractivity contribution in [2.24, 2.45) is 17.8 Å². The van der Waals surface area contributed by atoms with Crippen LogP contribution in [0.1, 0.15) is 34.1 Å². The summed E-state index contributed by atoms with van der Waals surface area (Å²) < 4.78 is 0. The number of amides is 1. The van der Waals surface area contributed by atoms with Gasteiger partial charge in [0.1, 0.15) is 0 Å². The summed E-state index contributed by atoms with van der Waals surface area (Å²) in [5, 5.41) is 2.67. The minimum atomic E-state index is 0.146. The lowest BCUT2D eigenvalue weighted by Crippen LogP contribution is -2.27. The molecule has 0 heterocycles. The molecule has 0 aliphatic heterocycles. The lowest BCUT2D eigenvalue weighted by Gasteiger charge is -2.18. The molecule has 2 heteroatoms. The maximum atomic E-state index is 11.2. The fraction of sp³-hybridized carbons (Fsp3) is 0.900. The van der Waals surface area contributed by atoms with Crippen LogP contribution in [0.25, 0.3) is 0 Å². The molecule has 0 saturated heterocycles. The Bertz CT molecular complexity index is 143. The first-order chi connectivity index (χ1) is 5.49. The second kappa shape index (κ2) is 5.18. The van der Waals surface area contributed by atoms with Gasteiger partial charge in [-0.2, -0.15) is 0 Å². The molecule has 2 unspecified atom stereocenters. The molecule has 12 heavy (non-hydrogen) atoms. The normalized spacial score (nSPS) is 15.8. The highest BCUT2D eigenvalue weighted by atomic mass is 16.1. The van der Waals surface area contributed by atoms with Crippen molar-refractivity contribution in [1.82, 2.24) is 5.32 Å². The van der Waals surface area contributed by atoms with Crippen LogP contribution in [0, 0.1) is 17.8 Å². The standard InChI is InChI=1S/C10H21NO/c1-7(2)8(3)6-9(4)10(12)11-5/h7-9H,6H2,1-5H3,(H,11,12). The molecule has 0 aromatic rings. The van der Waals surface area contributed by atoms with Crippen molar-refractivity contribution < 1.29 is 4.79 Å². The van der Waals surface area contributed by atoms with Gasteiger partial charge in [-0.3, -0.25) is 4.79 Å². The molecule has 0 aliphatic rings. The first-order valence-electron chi connectivity index (χ1n) is 4.70. The van der Waals surface area contributed by atoms with Gasteiger partial charge in [-0.1, -0.05) is 27.7 Å². The average Bonchev–Trinajstić information content (AvgIpc) is 2.02. The lowest BCUT2D eigenvalue weighted by atomic mass is 9.88. The van der Waals surface area contributed by atoms with E-state index in [0.29, 0.717) is 11.8 Å². The molecule has 0 spiro atoms. The molecule has 0 radical (unpaired) electrons. The smallest absolute Gasteiger partial charge is 0.222 e. The van der Waals surface area contributed by atoms with Crippen LogP contribution in [0.3, 0.4) is 0 Å². The van der Waals surface area contributed by atoms with Crippen molar-refractivity contribution in [3.63, 3.8) is 0 Å². The summed E-state index contributed by atoms with van der Waals surface area (Å²) in [4.78, 5) is 11.2. The third-order valence-corrected chi connectivity index (χ3v) is 2.56. The molecule has 0 saturated carbocycles. The number of nitrogens with one attached hydrogen (secondary N) is 1. The van der Waals surface area contributed by atoms with E-state index in [2.05, 4.69) is 26.1 Å². The Balaban J connectivity index is 3.83. The van der Waals surface area contributed by atoms with Gasteiger partial charge >= 0.3 is 0 Å². The van der Waals surface area contributed by atoms with Crippen molar-refractivity contribution in [3.05, 3.63) is 0 Å². The zero-order chi connectivity index (χ0) is 9.72. The molecule has 1 amide bonds. The molecule has 0 bridgehead atoms. The monoisotopic (exact) mass is 171 g/mol. The second-order valence-electron chi connectivity index (χ2n) is 3.97. The van der Waals surface area contributed by atoms with Gasteiger partial charge in [-0.25, -0.2) is 0 Å². The SMILES string of the molecule is CNC(=O)C(C)CC(C)C(C)C. The number of carbonyl (C=O) groups excluding carboxylic acids is 1. The highest BCUT2D eigenvalue weighted by Crippen LogP contribution is 2.19. The van der Waals surface area contributed by atoms with E-state index in [0.717, 1.165) is 6.42 Å². The quantitative estimate of drug-likeness (QED) is 0.689. The summed E-state index contributed by atoms with van der Waals surface area (Å²) in [5.74, 6) is 1.59. The van der Waals surface area contributed by atoms with Gasteiger partial charge in [0.25, 0.3) is 0 Å². The van der Waals surface area contributed by atoms with Gasteiger partial charge in [0.2, 0.25) is 5.91 Å². The Hall–Kier alpha value is -0.530. The molecular formula is C10H21NO. The maximum absolute atomic E-state index is 11.2. The summed E-state index contributed by atoms with van der Waals surface area (Å²) in [6.45, 7) is 8.57. The van der Waals surface area contributed by atoms with Crippen molar-refractivity contribution >= 4 is 5.91 Å². The molecular weight excluding hydrogens is 150 g/mol. The molecule has 72 valence electrons. The van der Waals surface area contributed by atoms with Crippen LogP contribution < -0.4 is 5.32 Å². The molecule has 2 nitrogen and oxygen atoms in total. The third-order valence-electron chi connectivity index (χ3n) is 2.56. The Labute approximate surface area is 75.7 Å². The molecule has 0 fully saturated rings. The zero-order valence-corrected chi connectivity index (χ0v) is 8.85. The minimum absolute atomic E-state index is 0.146. The molecule has 0 aliphatic carbocycles. The van der Waals surface area contributed by atoms with Crippen molar-refractivity contribution in [1.29, 1.82) is 0 Å². The van der Waals surface area contributed by atoms with Crippen molar-refractivity contribution in [2.75, 3.05) is 7.05 Å². The molecule has 0 rings (SSSR count). The van der Waals surface area contributed by atoms with Crippen LogP contribution in [0.4, 0.5) is 0 Å². The van der Waals surface area contributed by atoms with Gasteiger partial charge in [-0.15, -0.1) is 0 Å². The highest BCUT2D eigenvalue weighted by Gasteiger charge is 2.16. The van der Waals surface area contributed by atoms with Crippen molar-refractivity contribution in [3.8, 4) is 0 Å². The number of hydrogen-bond acceptors (Lipinski definition) is 1. The third kappa shape index (κ3) is 3.74. The topological polar surface area (TPSA) is 29.1 Å². The first-order valence-corrected chi connectivity index (χ1v) is 4.70. The summed E-state index contributed by atoms with van der Waals surface area (Å²) in [5.41, 5.74) is 0. The minimum Gasteiger partial charge on any atom is -0.359 e. The Morgan fingerprint density at radius 1 is 1.25 bits per heavy atom. The summed E-state index contributed by atoms with van der Waals surface area (Å²) in [6.07, 6.45) is 0.983. The van der Waals surface area contributed by atoms with Gasteiger partial charge in [-0.05, 0) is 18.3 Å². The summed E-state index contributed by atoms with van der Waals surface area (Å²) in [7, 11) is 1.69. The highest BCUT2D eigenvalue weighted by molar-refractivity contribution is 5.77. The summed E-state index contributed by atoms with van der Waals surface area (Å²) in [6, 6.07) is 0. The van der Waals surface area contributed by atoms with Crippen LogP contribution in [0.5, 0.6) is 0 Å². The Morgan fingerprint density at radius 2 is 1.75 bits per heavy atom. The predicted octanol–water partition coefficient (Wildman–Crippen LogP) is 2.05.